The minimum absolute atomic E-state index is 0.0118. The molecule has 2 N–H and O–H groups in total. The zero-order valence-electron chi connectivity index (χ0n) is 23.2. The molecule has 214 valence electrons. The van der Waals surface area contributed by atoms with Crippen molar-refractivity contribution in [3.8, 4) is 11.1 Å². The highest BCUT2D eigenvalue weighted by Crippen LogP contribution is 2.44. The lowest BCUT2D eigenvalue weighted by Crippen LogP contribution is -2.53. The van der Waals surface area contributed by atoms with Crippen LogP contribution in [0.5, 0.6) is 0 Å². The van der Waals surface area contributed by atoms with Crippen molar-refractivity contribution in [1.29, 1.82) is 0 Å². The van der Waals surface area contributed by atoms with E-state index in [9.17, 15) is 19.5 Å². The number of rotatable bonds is 10. The number of hydrogen-bond donors (Lipinski definition) is 2. The maximum atomic E-state index is 13.7. The molecule has 3 aromatic rings. The van der Waals surface area contributed by atoms with Crippen molar-refractivity contribution in [1.82, 2.24) is 15.1 Å². The topological polar surface area (TPSA) is 108 Å². The molecule has 0 aromatic heterocycles. The van der Waals surface area contributed by atoms with Crippen molar-refractivity contribution in [3.05, 3.63) is 95.6 Å². The number of ether oxygens (including phenoxy) is 2. The van der Waals surface area contributed by atoms with Crippen LogP contribution in [0.2, 0.25) is 0 Å². The van der Waals surface area contributed by atoms with Crippen LogP contribution in [-0.4, -0.2) is 85.4 Å². The number of carbonyl (C=O) groups excluding carboxylic acids is 2. The van der Waals surface area contributed by atoms with Gasteiger partial charge in [0, 0.05) is 39.2 Å². The Kier molecular flexibility index (Phi) is 8.66. The van der Waals surface area contributed by atoms with Crippen molar-refractivity contribution in [2.45, 2.75) is 24.6 Å². The molecule has 1 fully saturated rings. The Labute approximate surface area is 239 Å². The van der Waals surface area contributed by atoms with E-state index in [-0.39, 0.29) is 38.1 Å². The van der Waals surface area contributed by atoms with Gasteiger partial charge in [-0.1, -0.05) is 78.9 Å². The molecule has 5 rings (SSSR count). The maximum absolute atomic E-state index is 13.7. The second-order valence-electron chi connectivity index (χ2n) is 10.7. The third-order valence-corrected chi connectivity index (χ3v) is 7.92. The molecule has 0 bridgehead atoms. The quantitative estimate of drug-likeness (QED) is 0.392. The number of amides is 2. The monoisotopic (exact) mass is 557 g/mol. The minimum Gasteiger partial charge on any atom is -0.481 e. The fraction of sp³-hybridized carbons (Fsp3) is 0.344. The van der Waals surface area contributed by atoms with Gasteiger partial charge in [0.15, 0.2) is 0 Å². The molecule has 2 amide bonds. The molecule has 3 atom stereocenters. The summed E-state index contributed by atoms with van der Waals surface area (Å²) in [6, 6.07) is 25.0. The average Bonchev–Trinajstić information content (AvgIpc) is 3.56. The first-order valence-corrected chi connectivity index (χ1v) is 13.7. The van der Waals surface area contributed by atoms with Gasteiger partial charge >= 0.3 is 12.1 Å². The predicted molar refractivity (Wildman–Crippen MR) is 153 cm³/mol. The van der Waals surface area contributed by atoms with Crippen molar-refractivity contribution >= 4 is 18.0 Å². The fourth-order valence-electron chi connectivity index (χ4n) is 5.89. The van der Waals surface area contributed by atoms with E-state index in [1.165, 1.54) is 12.0 Å². The number of fused-ring (bicyclic) bond motifs is 3. The number of likely N-dealkylation sites (tertiary alicyclic amines) is 1. The van der Waals surface area contributed by atoms with E-state index in [0.29, 0.717) is 6.54 Å². The number of methoxy groups -OCH3 is 1. The van der Waals surface area contributed by atoms with Crippen LogP contribution in [0.15, 0.2) is 78.9 Å². The Bertz CT molecular complexity index is 1350. The number of aliphatic carboxylic acids is 1. The van der Waals surface area contributed by atoms with Gasteiger partial charge in [-0.25, -0.2) is 4.79 Å². The summed E-state index contributed by atoms with van der Waals surface area (Å²) < 4.78 is 11.1. The first kappa shape index (κ1) is 28.3. The number of carboxylic acids is 1. The second kappa shape index (κ2) is 12.5. The highest BCUT2D eigenvalue weighted by molar-refractivity contribution is 5.87. The van der Waals surface area contributed by atoms with Crippen LogP contribution in [0, 0.1) is 5.92 Å². The van der Waals surface area contributed by atoms with Gasteiger partial charge < -0.3 is 24.8 Å². The number of nitrogens with zero attached hydrogens (tertiary/aromatic N) is 2. The lowest BCUT2D eigenvalue weighted by molar-refractivity contribution is -0.144. The summed E-state index contributed by atoms with van der Waals surface area (Å²) in [5, 5.41) is 12.4. The van der Waals surface area contributed by atoms with E-state index in [0.717, 1.165) is 27.8 Å². The van der Waals surface area contributed by atoms with E-state index in [4.69, 9.17) is 9.47 Å². The number of likely N-dealkylation sites (N-methyl/N-ethyl adjacent to an activating group) is 1. The molecule has 41 heavy (non-hydrogen) atoms. The average molecular weight is 558 g/mol. The molecule has 0 saturated carbocycles. The van der Waals surface area contributed by atoms with Crippen molar-refractivity contribution in [2.24, 2.45) is 5.92 Å². The molecule has 1 heterocycles. The van der Waals surface area contributed by atoms with Crippen LogP contribution < -0.4 is 5.32 Å². The van der Waals surface area contributed by atoms with Crippen LogP contribution in [0.3, 0.4) is 0 Å². The van der Waals surface area contributed by atoms with Crippen molar-refractivity contribution in [2.75, 3.05) is 40.4 Å². The lowest BCUT2D eigenvalue weighted by atomic mass is 9.98. The predicted octanol–water partition coefficient (Wildman–Crippen LogP) is 3.58. The molecule has 0 spiro atoms. The van der Waals surface area contributed by atoms with E-state index < -0.39 is 30.1 Å². The molecule has 0 radical (unpaired) electrons. The minimum atomic E-state index is -1.02. The first-order valence-electron chi connectivity index (χ1n) is 13.7. The van der Waals surface area contributed by atoms with Gasteiger partial charge in [0.1, 0.15) is 18.6 Å². The highest BCUT2D eigenvalue weighted by atomic mass is 16.5. The highest BCUT2D eigenvalue weighted by Gasteiger charge is 2.42. The second-order valence-corrected chi connectivity index (χ2v) is 10.7. The zero-order valence-corrected chi connectivity index (χ0v) is 23.2. The van der Waals surface area contributed by atoms with Crippen molar-refractivity contribution < 1.29 is 29.0 Å². The van der Waals surface area contributed by atoms with Crippen LogP contribution in [0.25, 0.3) is 11.1 Å². The summed E-state index contributed by atoms with van der Waals surface area (Å²) in [5.41, 5.74) is 5.51. The SMILES string of the molecule is COC1CN(C(=O)C(CN(C)Cc2ccccc2)NC(=O)OCC2c3ccccc3-c3ccccc32)CC1C(=O)O. The van der Waals surface area contributed by atoms with Crippen LogP contribution in [-0.2, 0) is 25.6 Å². The largest absolute Gasteiger partial charge is 0.481 e. The molecule has 9 nitrogen and oxygen atoms in total. The fourth-order valence-corrected chi connectivity index (χ4v) is 5.89. The summed E-state index contributed by atoms with van der Waals surface area (Å²) in [6.45, 7) is 1.05. The Morgan fingerprint density at radius 1 is 0.951 bits per heavy atom. The molecule has 1 aliphatic carbocycles. The number of alkyl carbamates (subject to hydrolysis) is 1. The van der Waals surface area contributed by atoms with E-state index in [1.807, 2.05) is 78.7 Å². The van der Waals surface area contributed by atoms with E-state index in [1.54, 1.807) is 0 Å². The number of hydrogen-bond acceptors (Lipinski definition) is 6. The number of nitrogens with one attached hydrogen (secondary N) is 1. The smallest absolute Gasteiger partial charge is 0.407 e. The number of carbonyl (C=O) groups is 3. The molecule has 2 aliphatic rings. The Morgan fingerprint density at radius 3 is 2.15 bits per heavy atom. The van der Waals surface area contributed by atoms with Gasteiger partial charge in [0.2, 0.25) is 5.91 Å². The van der Waals surface area contributed by atoms with Gasteiger partial charge in [0.05, 0.1) is 6.10 Å². The standard InChI is InChI=1S/C32H35N3O6/c1-34(16-21-10-4-3-5-11-21)18-28(30(36)35-17-26(31(37)38)29(19-35)40-2)33-32(39)41-20-27-24-14-8-6-12-22(24)23-13-7-9-15-25(23)27/h3-15,26-29H,16-20H2,1-2H3,(H,33,39)(H,37,38). The third kappa shape index (κ3) is 6.26. The normalized spacial score (nSPS) is 18.6. The molecule has 3 unspecified atom stereocenters. The summed E-state index contributed by atoms with van der Waals surface area (Å²) >= 11 is 0. The molecule has 3 aromatic carbocycles. The number of benzene rings is 3. The number of carboxylic acid groups (broad SMARTS) is 1. The van der Waals surface area contributed by atoms with Gasteiger partial charge in [-0.3, -0.25) is 14.5 Å². The molecule has 1 saturated heterocycles. The van der Waals surface area contributed by atoms with E-state index in [2.05, 4.69) is 17.4 Å². The summed E-state index contributed by atoms with van der Waals surface area (Å²) in [7, 11) is 3.31. The van der Waals surface area contributed by atoms with Crippen molar-refractivity contribution in [3.63, 3.8) is 0 Å². The van der Waals surface area contributed by atoms with Gasteiger partial charge in [-0.2, -0.15) is 0 Å². The lowest BCUT2D eigenvalue weighted by Gasteiger charge is -2.28. The maximum Gasteiger partial charge on any atom is 0.407 e. The van der Waals surface area contributed by atoms with Gasteiger partial charge in [-0.05, 0) is 34.9 Å². The van der Waals surface area contributed by atoms with E-state index >= 15 is 0 Å². The summed E-state index contributed by atoms with van der Waals surface area (Å²) in [4.78, 5) is 42.0. The molecular weight excluding hydrogens is 522 g/mol. The Morgan fingerprint density at radius 2 is 1.56 bits per heavy atom. The summed E-state index contributed by atoms with van der Waals surface area (Å²) in [6.07, 6.45) is -1.32. The van der Waals surface area contributed by atoms with Gasteiger partial charge in [0.25, 0.3) is 0 Å². The third-order valence-electron chi connectivity index (χ3n) is 7.92. The zero-order chi connectivity index (χ0) is 28.9. The molecular formula is C32H35N3O6. The van der Waals surface area contributed by atoms with Crippen LogP contribution >= 0.6 is 0 Å². The van der Waals surface area contributed by atoms with Crippen LogP contribution in [0.4, 0.5) is 4.79 Å². The summed E-state index contributed by atoms with van der Waals surface area (Å²) in [5.74, 6) is -2.33. The molecule has 9 heteroatoms. The first-order chi connectivity index (χ1) is 19.9. The Balaban J connectivity index is 1.29. The Hall–Kier alpha value is -4.21. The van der Waals surface area contributed by atoms with Crippen LogP contribution in [0.1, 0.15) is 22.6 Å². The molecule has 1 aliphatic heterocycles. The van der Waals surface area contributed by atoms with Gasteiger partial charge in [-0.15, -0.1) is 0 Å².